The Balaban J connectivity index is 2.35. The van der Waals surface area contributed by atoms with Gasteiger partial charge in [-0.15, -0.1) is 0 Å². The first kappa shape index (κ1) is 9.78. The lowest BCUT2D eigenvalue weighted by molar-refractivity contribution is 0.302. The summed E-state index contributed by atoms with van der Waals surface area (Å²) in [4.78, 5) is 0. The highest BCUT2D eigenvalue weighted by Crippen LogP contribution is 2.35. The van der Waals surface area contributed by atoms with Crippen LogP contribution in [0, 0.1) is 0 Å². The van der Waals surface area contributed by atoms with Crippen molar-refractivity contribution in [2.45, 2.75) is 25.9 Å². The number of rotatable bonds is 3. The van der Waals surface area contributed by atoms with Crippen molar-refractivity contribution in [3.8, 4) is 5.75 Å². The Kier molecular flexibility index (Phi) is 2.64. The van der Waals surface area contributed by atoms with Gasteiger partial charge in [0.1, 0.15) is 5.75 Å². The lowest BCUT2D eigenvalue weighted by Crippen LogP contribution is -1.99. The summed E-state index contributed by atoms with van der Waals surface area (Å²) < 4.78 is 6.87. The van der Waals surface area contributed by atoms with Gasteiger partial charge in [0.15, 0.2) is 0 Å². The van der Waals surface area contributed by atoms with Crippen LogP contribution in [-0.2, 0) is 0 Å². The molecule has 0 amide bonds. The highest BCUT2D eigenvalue weighted by Gasteiger charge is 2.24. The normalized spacial score (nSPS) is 15.3. The van der Waals surface area contributed by atoms with Gasteiger partial charge in [-0.2, -0.15) is 0 Å². The molecule has 0 unspecified atom stereocenters. The van der Waals surface area contributed by atoms with E-state index < -0.39 is 0 Å². The number of allylic oxidation sites excluding steroid dienone is 1. The molecule has 1 aromatic carbocycles. The minimum atomic E-state index is 0.433. The Morgan fingerprint density at radius 1 is 1.50 bits per heavy atom. The summed E-state index contributed by atoms with van der Waals surface area (Å²) in [5.41, 5.74) is 2.13. The third-order valence-corrected chi connectivity index (χ3v) is 2.88. The van der Waals surface area contributed by atoms with Crippen LogP contribution in [0.2, 0.25) is 0 Å². The molecule has 1 aliphatic carbocycles. The minimum Gasteiger partial charge on any atom is -0.490 e. The zero-order chi connectivity index (χ0) is 10.1. The smallest absolute Gasteiger partial charge is 0.128 e. The molecule has 2 rings (SSSR count). The summed E-state index contributed by atoms with van der Waals surface area (Å²) >= 11 is 3.52. The lowest BCUT2D eigenvalue weighted by Gasteiger charge is -2.12. The van der Waals surface area contributed by atoms with Gasteiger partial charge in [0.05, 0.1) is 6.10 Å². The molecule has 0 spiro atoms. The van der Waals surface area contributed by atoms with E-state index in [2.05, 4.69) is 22.5 Å². The van der Waals surface area contributed by atoms with Gasteiger partial charge in [0, 0.05) is 10.0 Å². The van der Waals surface area contributed by atoms with Crippen molar-refractivity contribution in [1.29, 1.82) is 0 Å². The molecule has 1 aliphatic rings. The van der Waals surface area contributed by atoms with Crippen molar-refractivity contribution >= 4 is 21.5 Å². The second kappa shape index (κ2) is 3.77. The third kappa shape index (κ3) is 2.01. The molecule has 0 N–H and O–H groups in total. The van der Waals surface area contributed by atoms with E-state index >= 15 is 0 Å². The number of ether oxygens (including phenoxy) is 1. The number of halogens is 1. The van der Waals surface area contributed by atoms with Crippen LogP contribution >= 0.6 is 15.9 Å². The first-order valence-corrected chi connectivity index (χ1v) is 5.59. The number of benzene rings is 1. The Morgan fingerprint density at radius 2 is 2.21 bits per heavy atom. The average molecular weight is 253 g/mol. The highest BCUT2D eigenvalue weighted by atomic mass is 79.9. The SMILES string of the molecule is C=C(C)c1c(Br)cccc1OC1CC1. The maximum absolute atomic E-state index is 5.81. The van der Waals surface area contributed by atoms with E-state index in [1.165, 1.54) is 12.8 Å². The largest absolute Gasteiger partial charge is 0.490 e. The van der Waals surface area contributed by atoms with E-state index in [1.54, 1.807) is 0 Å². The van der Waals surface area contributed by atoms with Gasteiger partial charge in [-0.1, -0.05) is 28.6 Å². The number of hydrogen-bond donors (Lipinski definition) is 0. The first-order valence-electron chi connectivity index (χ1n) is 4.79. The van der Waals surface area contributed by atoms with Crippen molar-refractivity contribution in [3.05, 3.63) is 34.8 Å². The van der Waals surface area contributed by atoms with Crippen LogP contribution in [0.3, 0.4) is 0 Å². The fourth-order valence-corrected chi connectivity index (χ4v) is 2.07. The molecule has 0 aromatic heterocycles. The van der Waals surface area contributed by atoms with E-state index in [-0.39, 0.29) is 0 Å². The molecule has 74 valence electrons. The minimum absolute atomic E-state index is 0.433. The Hall–Kier alpha value is -0.760. The quantitative estimate of drug-likeness (QED) is 0.790. The molecule has 2 heteroatoms. The van der Waals surface area contributed by atoms with Crippen molar-refractivity contribution in [2.75, 3.05) is 0 Å². The van der Waals surface area contributed by atoms with E-state index in [9.17, 15) is 0 Å². The van der Waals surface area contributed by atoms with Crippen LogP contribution in [0.1, 0.15) is 25.3 Å². The summed E-state index contributed by atoms with van der Waals surface area (Å²) in [6.07, 6.45) is 2.80. The second-order valence-electron chi connectivity index (χ2n) is 3.71. The lowest BCUT2D eigenvalue weighted by atomic mass is 10.1. The van der Waals surface area contributed by atoms with Crippen LogP contribution in [0.25, 0.3) is 5.57 Å². The van der Waals surface area contributed by atoms with Crippen molar-refractivity contribution in [3.63, 3.8) is 0 Å². The van der Waals surface area contributed by atoms with Gasteiger partial charge in [0.2, 0.25) is 0 Å². The van der Waals surface area contributed by atoms with Gasteiger partial charge in [0.25, 0.3) is 0 Å². The maximum Gasteiger partial charge on any atom is 0.128 e. The van der Waals surface area contributed by atoms with Crippen molar-refractivity contribution in [2.24, 2.45) is 0 Å². The highest BCUT2D eigenvalue weighted by molar-refractivity contribution is 9.10. The first-order chi connectivity index (χ1) is 6.68. The van der Waals surface area contributed by atoms with Crippen LogP contribution in [0.5, 0.6) is 5.75 Å². The summed E-state index contributed by atoms with van der Waals surface area (Å²) in [5, 5.41) is 0. The Morgan fingerprint density at radius 3 is 2.79 bits per heavy atom. The fourth-order valence-electron chi connectivity index (χ4n) is 1.38. The van der Waals surface area contributed by atoms with Crippen LogP contribution in [0.15, 0.2) is 29.3 Å². The second-order valence-corrected chi connectivity index (χ2v) is 4.56. The van der Waals surface area contributed by atoms with Crippen LogP contribution in [0.4, 0.5) is 0 Å². The molecule has 1 saturated carbocycles. The van der Waals surface area contributed by atoms with Gasteiger partial charge in [-0.25, -0.2) is 0 Å². The summed E-state index contributed by atoms with van der Waals surface area (Å²) in [5.74, 6) is 0.953. The molecule has 1 aromatic rings. The monoisotopic (exact) mass is 252 g/mol. The molecule has 0 heterocycles. The average Bonchev–Trinajstić information content (AvgIpc) is 2.87. The number of hydrogen-bond acceptors (Lipinski definition) is 1. The molecular formula is C12H13BrO. The Bertz CT molecular complexity index is 367. The fraction of sp³-hybridized carbons (Fsp3) is 0.333. The van der Waals surface area contributed by atoms with E-state index in [0.717, 1.165) is 21.4 Å². The summed E-state index contributed by atoms with van der Waals surface area (Å²) in [6, 6.07) is 6.02. The molecular weight excluding hydrogens is 240 g/mol. The van der Waals surface area contributed by atoms with E-state index in [0.29, 0.717) is 6.10 Å². The van der Waals surface area contributed by atoms with Gasteiger partial charge in [-0.05, 0) is 37.5 Å². The Labute approximate surface area is 92.9 Å². The van der Waals surface area contributed by atoms with Gasteiger partial charge >= 0.3 is 0 Å². The molecule has 0 radical (unpaired) electrons. The predicted molar refractivity (Wildman–Crippen MR) is 62.5 cm³/mol. The molecule has 0 bridgehead atoms. The molecule has 1 nitrogen and oxygen atoms in total. The molecule has 0 atom stereocenters. The zero-order valence-corrected chi connectivity index (χ0v) is 9.80. The predicted octanol–water partition coefficient (Wildman–Crippen LogP) is 4.02. The summed E-state index contributed by atoms with van der Waals surface area (Å²) in [7, 11) is 0. The van der Waals surface area contributed by atoms with Crippen LogP contribution < -0.4 is 4.74 Å². The molecule has 14 heavy (non-hydrogen) atoms. The maximum atomic E-state index is 5.81. The van der Waals surface area contributed by atoms with Crippen LogP contribution in [-0.4, -0.2) is 6.10 Å². The van der Waals surface area contributed by atoms with Gasteiger partial charge < -0.3 is 4.74 Å². The third-order valence-electron chi connectivity index (χ3n) is 2.22. The molecule has 0 aliphatic heterocycles. The van der Waals surface area contributed by atoms with Crippen molar-refractivity contribution < 1.29 is 4.74 Å². The zero-order valence-electron chi connectivity index (χ0n) is 8.22. The standard InChI is InChI=1S/C12H13BrO/c1-8(2)12-10(13)4-3-5-11(12)14-9-6-7-9/h3-5,9H,1,6-7H2,2H3. The van der Waals surface area contributed by atoms with E-state index in [1.807, 2.05) is 25.1 Å². The van der Waals surface area contributed by atoms with E-state index in [4.69, 9.17) is 4.74 Å². The molecule has 0 saturated heterocycles. The molecule has 1 fully saturated rings. The summed E-state index contributed by atoms with van der Waals surface area (Å²) in [6.45, 7) is 5.96. The van der Waals surface area contributed by atoms with Crippen molar-refractivity contribution in [1.82, 2.24) is 0 Å². The van der Waals surface area contributed by atoms with Gasteiger partial charge in [-0.3, -0.25) is 0 Å². The topological polar surface area (TPSA) is 9.23 Å².